The van der Waals surface area contributed by atoms with Gasteiger partial charge in [-0.15, -0.1) is 0 Å². The van der Waals surface area contributed by atoms with E-state index >= 15 is 0 Å². The van der Waals surface area contributed by atoms with Crippen LogP contribution in [0, 0.1) is 0 Å². The summed E-state index contributed by atoms with van der Waals surface area (Å²) in [7, 11) is 3.20. The standard InChI is InChI=1S/C13H17N3O4/c1-8(12(18)19)14-11(17)9-5-4-6-10(7-9)15-13(20)16(2)3/h4-8H,1-3H3,(H,14,17)(H,15,20)(H,18,19)/t8-/m0/s1. The largest absolute Gasteiger partial charge is 0.480 e. The molecule has 0 saturated carbocycles. The third-order valence-electron chi connectivity index (χ3n) is 2.50. The number of anilines is 1. The van der Waals surface area contributed by atoms with Crippen LogP contribution in [-0.4, -0.2) is 48.1 Å². The van der Waals surface area contributed by atoms with Crippen LogP contribution in [0.1, 0.15) is 17.3 Å². The molecule has 3 amide bonds. The third kappa shape index (κ3) is 4.27. The first-order valence-corrected chi connectivity index (χ1v) is 5.93. The minimum Gasteiger partial charge on any atom is -0.480 e. The smallest absolute Gasteiger partial charge is 0.325 e. The van der Waals surface area contributed by atoms with Gasteiger partial charge in [-0.05, 0) is 25.1 Å². The predicted molar refractivity (Wildman–Crippen MR) is 73.7 cm³/mol. The molecule has 0 aromatic heterocycles. The molecule has 0 aliphatic rings. The number of nitrogens with zero attached hydrogens (tertiary/aromatic N) is 1. The first kappa shape index (κ1) is 15.5. The van der Waals surface area contributed by atoms with Crippen LogP contribution < -0.4 is 10.6 Å². The highest BCUT2D eigenvalue weighted by Crippen LogP contribution is 2.11. The maximum Gasteiger partial charge on any atom is 0.325 e. The molecule has 1 aromatic rings. The van der Waals surface area contributed by atoms with Gasteiger partial charge < -0.3 is 20.6 Å². The average Bonchev–Trinajstić information content (AvgIpc) is 2.38. The molecule has 0 radical (unpaired) electrons. The van der Waals surface area contributed by atoms with Gasteiger partial charge in [-0.3, -0.25) is 9.59 Å². The van der Waals surface area contributed by atoms with E-state index in [-0.39, 0.29) is 11.6 Å². The highest BCUT2D eigenvalue weighted by Gasteiger charge is 2.15. The normalized spacial score (nSPS) is 11.3. The Bertz CT molecular complexity index is 528. The molecule has 1 rings (SSSR count). The molecule has 7 nitrogen and oxygen atoms in total. The second-order valence-corrected chi connectivity index (χ2v) is 4.44. The van der Waals surface area contributed by atoms with Crippen molar-refractivity contribution in [1.29, 1.82) is 0 Å². The molecule has 1 aromatic carbocycles. The Balaban J connectivity index is 2.80. The lowest BCUT2D eigenvalue weighted by Gasteiger charge is -2.13. The number of nitrogens with one attached hydrogen (secondary N) is 2. The number of carbonyl (C=O) groups is 3. The summed E-state index contributed by atoms with van der Waals surface area (Å²) in [5.41, 5.74) is 0.731. The quantitative estimate of drug-likeness (QED) is 0.765. The van der Waals surface area contributed by atoms with E-state index in [1.807, 2.05) is 0 Å². The third-order valence-corrected chi connectivity index (χ3v) is 2.50. The Morgan fingerprint density at radius 3 is 2.45 bits per heavy atom. The number of carboxylic acids is 1. The topological polar surface area (TPSA) is 98.7 Å². The zero-order chi connectivity index (χ0) is 15.3. The maximum absolute atomic E-state index is 11.8. The molecule has 20 heavy (non-hydrogen) atoms. The van der Waals surface area contributed by atoms with Crippen molar-refractivity contribution in [1.82, 2.24) is 10.2 Å². The van der Waals surface area contributed by atoms with Crippen LogP contribution in [0.25, 0.3) is 0 Å². The molecule has 7 heteroatoms. The van der Waals surface area contributed by atoms with Crippen LogP contribution in [0.5, 0.6) is 0 Å². The number of carbonyl (C=O) groups excluding carboxylic acids is 2. The molecule has 108 valence electrons. The van der Waals surface area contributed by atoms with E-state index in [4.69, 9.17) is 5.11 Å². The monoisotopic (exact) mass is 279 g/mol. The molecular formula is C13H17N3O4. The molecule has 0 fully saturated rings. The molecule has 0 heterocycles. The van der Waals surface area contributed by atoms with E-state index in [0.717, 1.165) is 0 Å². The summed E-state index contributed by atoms with van der Waals surface area (Å²) in [5.74, 6) is -1.63. The highest BCUT2D eigenvalue weighted by molar-refractivity contribution is 5.98. The van der Waals surface area contributed by atoms with Gasteiger partial charge in [-0.25, -0.2) is 4.79 Å². The second-order valence-electron chi connectivity index (χ2n) is 4.44. The number of carboxylic acid groups (broad SMARTS) is 1. The van der Waals surface area contributed by atoms with Crippen molar-refractivity contribution < 1.29 is 19.5 Å². The van der Waals surface area contributed by atoms with Crippen molar-refractivity contribution in [2.45, 2.75) is 13.0 Å². The van der Waals surface area contributed by atoms with Crippen LogP contribution in [-0.2, 0) is 4.79 Å². The van der Waals surface area contributed by atoms with Gasteiger partial charge in [-0.2, -0.15) is 0 Å². The Kier molecular flexibility index (Phi) is 5.08. The molecule has 0 aliphatic carbocycles. The Hall–Kier alpha value is -2.57. The van der Waals surface area contributed by atoms with Gasteiger partial charge in [0.15, 0.2) is 0 Å². The van der Waals surface area contributed by atoms with Gasteiger partial charge in [0.05, 0.1) is 0 Å². The lowest BCUT2D eigenvalue weighted by molar-refractivity contribution is -0.138. The molecular weight excluding hydrogens is 262 g/mol. The summed E-state index contributed by atoms with van der Waals surface area (Å²) in [4.78, 5) is 35.4. The predicted octanol–water partition coefficient (Wildman–Crippen LogP) is 0.983. The van der Waals surface area contributed by atoms with Crippen molar-refractivity contribution in [3.63, 3.8) is 0 Å². The first-order chi connectivity index (χ1) is 9.31. The van der Waals surface area contributed by atoms with Crippen LogP contribution in [0.2, 0.25) is 0 Å². The van der Waals surface area contributed by atoms with Gasteiger partial charge >= 0.3 is 12.0 Å². The van der Waals surface area contributed by atoms with Crippen molar-refractivity contribution in [3.05, 3.63) is 29.8 Å². The van der Waals surface area contributed by atoms with Crippen LogP contribution in [0.15, 0.2) is 24.3 Å². The van der Waals surface area contributed by atoms with E-state index in [1.54, 1.807) is 26.2 Å². The van der Waals surface area contributed by atoms with Gasteiger partial charge in [0, 0.05) is 25.3 Å². The SMILES string of the molecule is C[C@H](NC(=O)c1cccc(NC(=O)N(C)C)c1)C(=O)O. The lowest BCUT2D eigenvalue weighted by Crippen LogP contribution is -2.38. The summed E-state index contributed by atoms with van der Waals surface area (Å²) >= 11 is 0. The molecule has 3 N–H and O–H groups in total. The zero-order valence-corrected chi connectivity index (χ0v) is 11.5. The van der Waals surface area contributed by atoms with Crippen molar-refractivity contribution >= 4 is 23.6 Å². The number of rotatable bonds is 4. The lowest BCUT2D eigenvalue weighted by atomic mass is 10.1. The second kappa shape index (κ2) is 6.55. The Labute approximate surface area is 116 Å². The van der Waals surface area contributed by atoms with E-state index < -0.39 is 17.9 Å². The van der Waals surface area contributed by atoms with Crippen molar-refractivity contribution in [2.24, 2.45) is 0 Å². The fourth-order valence-corrected chi connectivity index (χ4v) is 1.32. The van der Waals surface area contributed by atoms with Crippen molar-refractivity contribution in [3.8, 4) is 0 Å². The van der Waals surface area contributed by atoms with Gasteiger partial charge in [-0.1, -0.05) is 6.07 Å². The van der Waals surface area contributed by atoms with Crippen LogP contribution in [0.3, 0.4) is 0 Å². The van der Waals surface area contributed by atoms with Crippen LogP contribution in [0.4, 0.5) is 10.5 Å². The zero-order valence-electron chi connectivity index (χ0n) is 11.5. The fourth-order valence-electron chi connectivity index (χ4n) is 1.32. The van der Waals surface area contributed by atoms with Gasteiger partial charge in [0.1, 0.15) is 6.04 Å². The Morgan fingerprint density at radius 1 is 1.25 bits per heavy atom. The fraction of sp³-hybridized carbons (Fsp3) is 0.308. The summed E-state index contributed by atoms with van der Waals surface area (Å²) in [6.45, 7) is 1.37. The number of hydrogen-bond donors (Lipinski definition) is 3. The van der Waals surface area contributed by atoms with E-state index in [9.17, 15) is 14.4 Å². The maximum atomic E-state index is 11.8. The van der Waals surface area contributed by atoms with Gasteiger partial charge in [0.25, 0.3) is 5.91 Å². The minimum absolute atomic E-state index is 0.273. The number of benzene rings is 1. The average molecular weight is 279 g/mol. The molecule has 0 spiro atoms. The number of aliphatic carboxylic acids is 1. The summed E-state index contributed by atoms with van der Waals surface area (Å²) in [6.07, 6.45) is 0. The number of urea groups is 1. The van der Waals surface area contributed by atoms with Gasteiger partial charge in [0.2, 0.25) is 0 Å². The van der Waals surface area contributed by atoms with E-state index in [1.165, 1.54) is 24.0 Å². The number of hydrogen-bond acceptors (Lipinski definition) is 3. The van der Waals surface area contributed by atoms with Crippen LogP contribution >= 0.6 is 0 Å². The Morgan fingerprint density at radius 2 is 1.90 bits per heavy atom. The molecule has 0 saturated heterocycles. The molecule has 0 bridgehead atoms. The first-order valence-electron chi connectivity index (χ1n) is 5.93. The molecule has 0 unspecified atom stereocenters. The van der Waals surface area contributed by atoms with Crippen molar-refractivity contribution in [2.75, 3.05) is 19.4 Å². The summed E-state index contributed by atoms with van der Waals surface area (Å²) in [6, 6.07) is 4.95. The van der Waals surface area contributed by atoms with E-state index in [0.29, 0.717) is 5.69 Å². The molecule has 1 atom stereocenters. The molecule has 0 aliphatic heterocycles. The summed E-state index contributed by atoms with van der Waals surface area (Å²) < 4.78 is 0. The minimum atomic E-state index is -1.12. The van der Waals surface area contributed by atoms with E-state index in [2.05, 4.69) is 10.6 Å². The highest BCUT2D eigenvalue weighted by atomic mass is 16.4. The summed E-state index contributed by atoms with van der Waals surface area (Å²) in [5, 5.41) is 13.7. The number of amides is 3.